The van der Waals surface area contributed by atoms with Gasteiger partial charge in [0.25, 0.3) is 10.0 Å². The number of fused-ring (bicyclic) bond motifs is 1. The molecule has 1 unspecified atom stereocenters. The maximum atomic E-state index is 12.3. The number of para-hydroxylation sites is 1. The molecule has 0 aliphatic carbocycles. The summed E-state index contributed by atoms with van der Waals surface area (Å²) in [5, 5.41) is 0. The van der Waals surface area contributed by atoms with Crippen molar-refractivity contribution in [2.75, 3.05) is 19.8 Å². The van der Waals surface area contributed by atoms with Gasteiger partial charge in [-0.1, -0.05) is 6.07 Å². The number of ether oxygens (including phenoxy) is 3. The molecule has 1 aromatic rings. The Kier molecular flexibility index (Phi) is 5.42. The maximum absolute atomic E-state index is 12.3. The summed E-state index contributed by atoms with van der Waals surface area (Å²) in [5.41, 5.74) is 0. The van der Waals surface area contributed by atoms with Crippen LogP contribution in [0.5, 0.6) is 17.2 Å². The van der Waals surface area contributed by atoms with Crippen LogP contribution < -0.4 is 14.2 Å². The van der Waals surface area contributed by atoms with Crippen LogP contribution in [0, 0.1) is 0 Å². The second-order valence-corrected chi connectivity index (χ2v) is 9.25. The van der Waals surface area contributed by atoms with Gasteiger partial charge in [-0.15, -0.1) is 4.31 Å². The smallest absolute Gasteiger partial charge is 0.458 e. The lowest BCUT2D eigenvalue weighted by Crippen LogP contribution is -2.47. The third-order valence-corrected chi connectivity index (χ3v) is 6.55. The molecule has 11 heteroatoms. The highest BCUT2D eigenvalue weighted by Crippen LogP contribution is 2.45. The van der Waals surface area contributed by atoms with Gasteiger partial charge in [-0.25, -0.2) is 13.2 Å². The van der Waals surface area contributed by atoms with Gasteiger partial charge in [-0.2, -0.15) is 0 Å². The van der Waals surface area contributed by atoms with Crippen LogP contribution in [-0.4, -0.2) is 52.7 Å². The van der Waals surface area contributed by atoms with Gasteiger partial charge >= 0.3 is 6.09 Å². The lowest BCUT2D eigenvalue weighted by atomic mass is 10.3. The van der Waals surface area contributed by atoms with E-state index in [1.165, 1.54) is 20.0 Å². The highest BCUT2D eigenvalue weighted by Gasteiger charge is 2.38. The first-order valence-corrected chi connectivity index (χ1v) is 10.2. The van der Waals surface area contributed by atoms with Crippen molar-refractivity contribution in [1.29, 1.82) is 0 Å². The predicted octanol–water partition coefficient (Wildman–Crippen LogP) is 1.48. The summed E-state index contributed by atoms with van der Waals surface area (Å²) in [5.74, 6) is -0.172. The van der Waals surface area contributed by atoms with E-state index in [0.29, 0.717) is 13.8 Å². The maximum Gasteiger partial charge on any atom is 0.458 e. The molecule has 1 aliphatic heterocycles. The van der Waals surface area contributed by atoms with Gasteiger partial charge < -0.3 is 18.8 Å². The minimum Gasteiger partial charge on any atom is -0.572 e. The summed E-state index contributed by atoms with van der Waals surface area (Å²) in [6, 6.07) is 4.76. The van der Waals surface area contributed by atoms with E-state index in [4.69, 9.17) is 14.2 Å². The Morgan fingerprint density at radius 3 is 2.56 bits per heavy atom. The van der Waals surface area contributed by atoms with Gasteiger partial charge in [0.1, 0.15) is 0 Å². The third kappa shape index (κ3) is 4.29. The van der Waals surface area contributed by atoms with Crippen molar-refractivity contribution in [3.63, 3.8) is 0 Å². The van der Waals surface area contributed by atoms with Gasteiger partial charge in [-0.05, 0) is 19.1 Å². The minimum atomic E-state index is -3.75. The zero-order chi connectivity index (χ0) is 19.0. The summed E-state index contributed by atoms with van der Waals surface area (Å²) >= 11 is -2.26. The first-order chi connectivity index (χ1) is 11.5. The molecule has 25 heavy (non-hydrogen) atoms. The molecular formula is C14H20N2O7S2. The summed E-state index contributed by atoms with van der Waals surface area (Å²) in [6.07, 6.45) is -0.0904. The molecule has 140 valence electrons. The minimum absolute atomic E-state index is 0.0606. The van der Waals surface area contributed by atoms with Crippen LogP contribution in [0.4, 0.5) is 4.79 Å². The van der Waals surface area contributed by atoms with Crippen LogP contribution in [0.25, 0.3) is 0 Å². The van der Waals surface area contributed by atoms with E-state index in [2.05, 4.69) is 0 Å². The Morgan fingerprint density at radius 1 is 1.36 bits per heavy atom. The van der Waals surface area contributed by atoms with Crippen molar-refractivity contribution in [3.8, 4) is 17.2 Å². The molecule has 1 aromatic carbocycles. The van der Waals surface area contributed by atoms with Crippen LogP contribution in [0.3, 0.4) is 0 Å². The molecule has 0 N–H and O–H groups in total. The Hall–Kier alpha value is -1.69. The monoisotopic (exact) mass is 392 g/mol. The van der Waals surface area contributed by atoms with Gasteiger partial charge in [-0.3, -0.25) is 0 Å². The molecular weight excluding hydrogens is 372 g/mol. The van der Waals surface area contributed by atoms with E-state index in [0.717, 1.165) is 6.26 Å². The average Bonchev–Trinajstić information content (AvgIpc) is 2.80. The zero-order valence-corrected chi connectivity index (χ0v) is 16.1. The quantitative estimate of drug-likeness (QED) is 0.698. The van der Waals surface area contributed by atoms with Crippen molar-refractivity contribution in [3.05, 3.63) is 18.2 Å². The van der Waals surface area contributed by atoms with Crippen LogP contribution in [0.2, 0.25) is 0 Å². The Labute approximate surface area is 149 Å². The summed E-state index contributed by atoms with van der Waals surface area (Å²) in [7, 11) is -2.57. The largest absolute Gasteiger partial charge is 0.572 e. The van der Waals surface area contributed by atoms with Gasteiger partial charge in [0.15, 0.2) is 23.0 Å². The fourth-order valence-corrected chi connectivity index (χ4v) is 4.46. The standard InChI is InChI=1S/C14H20N2O7S2/c1-6-16(25(5,19)20)24(18)15(4)13(17)21-10-8-7-9-11-12(10)23-14(2,3)22-11/h7-9H,6H2,1-5H3. The highest BCUT2D eigenvalue weighted by molar-refractivity contribution is 8.02. The third-order valence-electron chi connectivity index (χ3n) is 3.14. The molecule has 1 heterocycles. The lowest BCUT2D eigenvalue weighted by molar-refractivity contribution is -0.0439. The van der Waals surface area contributed by atoms with Crippen molar-refractivity contribution in [2.45, 2.75) is 26.6 Å². The molecule has 0 radical (unpaired) electrons. The molecule has 0 aromatic heterocycles. The van der Waals surface area contributed by atoms with Crippen LogP contribution in [0.15, 0.2) is 18.2 Å². The molecule has 0 fully saturated rings. The molecule has 0 saturated heterocycles. The number of nitrogens with zero attached hydrogens (tertiary/aromatic N) is 2. The van der Waals surface area contributed by atoms with Crippen molar-refractivity contribution in [2.24, 2.45) is 0 Å². The molecule has 1 aliphatic rings. The fourth-order valence-electron chi connectivity index (χ4n) is 2.11. The summed E-state index contributed by atoms with van der Waals surface area (Å²) in [6.45, 7) is 4.85. The van der Waals surface area contributed by atoms with Crippen molar-refractivity contribution in [1.82, 2.24) is 8.02 Å². The van der Waals surface area contributed by atoms with E-state index < -0.39 is 33.5 Å². The van der Waals surface area contributed by atoms with Crippen LogP contribution in [-0.2, 0) is 21.6 Å². The molecule has 1 atom stereocenters. The van der Waals surface area contributed by atoms with Gasteiger partial charge in [0.2, 0.25) is 11.5 Å². The van der Waals surface area contributed by atoms with Crippen molar-refractivity contribution < 1.29 is 32.0 Å². The number of benzene rings is 1. The first kappa shape index (κ1) is 19.6. The Balaban J connectivity index is 2.17. The van der Waals surface area contributed by atoms with E-state index in [-0.39, 0.29) is 18.0 Å². The predicted molar refractivity (Wildman–Crippen MR) is 90.9 cm³/mol. The molecule has 2 rings (SSSR count). The molecule has 0 spiro atoms. The average molecular weight is 392 g/mol. The molecule has 1 amide bonds. The number of sulfonamides is 1. The second kappa shape index (κ2) is 6.90. The lowest BCUT2D eigenvalue weighted by Gasteiger charge is -2.25. The van der Waals surface area contributed by atoms with Crippen molar-refractivity contribution >= 4 is 27.7 Å². The van der Waals surface area contributed by atoms with Crippen LogP contribution >= 0.6 is 0 Å². The Bertz CT molecular complexity index is 766. The fraction of sp³-hybridized carbons (Fsp3) is 0.500. The normalized spacial score (nSPS) is 16.6. The Morgan fingerprint density at radius 2 is 2.00 bits per heavy atom. The number of hydrogen-bond donors (Lipinski definition) is 0. The number of hydrogen-bond acceptors (Lipinski definition) is 7. The van der Waals surface area contributed by atoms with E-state index >= 15 is 0 Å². The zero-order valence-electron chi connectivity index (χ0n) is 14.5. The van der Waals surface area contributed by atoms with Gasteiger partial charge in [0, 0.05) is 17.6 Å². The number of rotatable bonds is 5. The number of carbonyl (C=O) groups is 1. The number of carbonyl (C=O) groups excluding carboxylic acids is 1. The topological polar surface area (TPSA) is 108 Å². The van der Waals surface area contributed by atoms with Crippen LogP contribution in [0.1, 0.15) is 20.8 Å². The van der Waals surface area contributed by atoms with E-state index in [1.54, 1.807) is 26.0 Å². The summed E-state index contributed by atoms with van der Waals surface area (Å²) in [4.78, 5) is 12.3. The SMILES string of the molecule is CCN([S+]([O-])N(C)C(=O)Oc1cccc2c1OC(C)(C)O2)S(C)(=O)=O. The number of amides is 1. The first-order valence-electron chi connectivity index (χ1n) is 7.32. The van der Waals surface area contributed by atoms with E-state index in [1.807, 2.05) is 0 Å². The molecule has 9 nitrogen and oxygen atoms in total. The highest BCUT2D eigenvalue weighted by atomic mass is 32.3. The second-order valence-electron chi connectivity index (χ2n) is 5.67. The van der Waals surface area contributed by atoms with Gasteiger partial charge in [0.05, 0.1) is 19.8 Å². The van der Waals surface area contributed by atoms with E-state index in [9.17, 15) is 17.8 Å². The molecule has 0 bridgehead atoms. The molecule has 0 saturated carbocycles. The summed E-state index contributed by atoms with van der Waals surface area (Å²) < 4.78 is 53.3.